The molecule has 0 spiro atoms. The third-order valence-electron chi connectivity index (χ3n) is 17.8. The molecule has 3 heterocycles. The molecule has 528 valence electrons. The molecular weight excluding hydrogens is 1540 g/mol. The molecule has 0 radical (unpaired) electrons. The molecule has 0 fully saturated rings. The Labute approximate surface area is 639 Å². The largest absolute Gasteiger partial charge is 3.00 e. The van der Waals surface area contributed by atoms with Gasteiger partial charge < -0.3 is 45.6 Å². The number of aromatic nitrogens is 3. The molecular formula is C93H60IrN3O12. The summed E-state index contributed by atoms with van der Waals surface area (Å²) in [6, 6.07) is 104. The second kappa shape index (κ2) is 34.0. The molecule has 6 N–H and O–H groups in total. The number of aromatic carboxylic acids is 6. The number of carboxylic acid groups (broad SMARTS) is 6. The van der Waals surface area contributed by atoms with Gasteiger partial charge in [-0.25, -0.2) is 28.8 Å². The van der Waals surface area contributed by atoms with Crippen LogP contribution in [0.2, 0.25) is 0 Å². The van der Waals surface area contributed by atoms with Gasteiger partial charge in [-0.05, 0) is 246 Å². The van der Waals surface area contributed by atoms with Gasteiger partial charge in [-0.15, -0.1) is 106 Å². The number of hydrogen-bond donors (Lipinski definition) is 6. The number of benzene rings is 12. The summed E-state index contributed by atoms with van der Waals surface area (Å²) >= 11 is 0. The summed E-state index contributed by atoms with van der Waals surface area (Å²) < 4.78 is 0. The van der Waals surface area contributed by atoms with Gasteiger partial charge in [0.1, 0.15) is 0 Å². The molecule has 15 aromatic rings. The zero-order chi connectivity index (χ0) is 75.2. The second-order valence-corrected chi connectivity index (χ2v) is 24.8. The molecule has 3 aromatic heterocycles. The van der Waals surface area contributed by atoms with Crippen molar-refractivity contribution in [3.05, 3.63) is 380 Å². The smallest absolute Gasteiger partial charge is 0.478 e. The number of hydrogen-bond acceptors (Lipinski definition) is 9. The first kappa shape index (κ1) is 74.3. The summed E-state index contributed by atoms with van der Waals surface area (Å²) in [6.45, 7) is 0. The SMILES string of the molecule is O=C(O)c1ccc(-c2cc(-c3ccc(C(=O)O)cc3)cc(-c3cc[c-]c(-c4ccccn4)c3)c2)cc1.O=C(O)c1ccc(-c2cc(-c3ccc(C(=O)O)cc3)cc(-c3cc[c-]c(-c4ccccn4)c3)c2)cc1.O=C(O)c1ccc(-c2cc(-c3ccc(C(=O)O)cc3)cc(-c3cc[c-]c(-c4ccccn4)c3)c2)cc1.[Ir+3]. The van der Waals surface area contributed by atoms with Crippen LogP contribution < -0.4 is 0 Å². The van der Waals surface area contributed by atoms with Gasteiger partial charge in [-0.1, -0.05) is 109 Å². The van der Waals surface area contributed by atoms with E-state index in [4.69, 9.17) is 0 Å². The fraction of sp³-hybridized carbons (Fsp3) is 0. The summed E-state index contributed by atoms with van der Waals surface area (Å²) in [5, 5.41) is 55.6. The fourth-order valence-electron chi connectivity index (χ4n) is 12.2. The second-order valence-electron chi connectivity index (χ2n) is 24.8. The Kier molecular flexibility index (Phi) is 23.2. The Morgan fingerprint density at radius 1 is 0.202 bits per heavy atom. The van der Waals surface area contributed by atoms with Gasteiger partial charge in [-0.2, -0.15) is 0 Å². The minimum Gasteiger partial charge on any atom is -0.478 e. The van der Waals surface area contributed by atoms with E-state index in [1.807, 2.05) is 127 Å². The molecule has 15 nitrogen and oxygen atoms in total. The van der Waals surface area contributed by atoms with Crippen molar-refractivity contribution in [1.29, 1.82) is 0 Å². The third kappa shape index (κ3) is 18.2. The predicted octanol–water partition coefficient (Wildman–Crippen LogP) is 20.8. The summed E-state index contributed by atoms with van der Waals surface area (Å²) in [6.07, 6.45) is 5.24. The molecule has 12 aromatic carbocycles. The zero-order valence-electron chi connectivity index (χ0n) is 57.5. The van der Waals surface area contributed by atoms with Gasteiger partial charge in [0.25, 0.3) is 0 Å². The minimum atomic E-state index is -0.975. The summed E-state index contributed by atoms with van der Waals surface area (Å²) in [7, 11) is 0. The van der Waals surface area contributed by atoms with E-state index < -0.39 is 35.8 Å². The summed E-state index contributed by atoms with van der Waals surface area (Å²) in [5.41, 5.74) is 22.9. The summed E-state index contributed by atoms with van der Waals surface area (Å²) in [5.74, 6) is -5.85. The Morgan fingerprint density at radius 3 is 0.532 bits per heavy atom. The number of rotatable bonds is 18. The number of pyridine rings is 3. The Bertz CT molecular complexity index is 5030. The quantitative estimate of drug-likeness (QED) is 0.0436. The van der Waals surface area contributed by atoms with Gasteiger partial charge in [0, 0.05) is 18.6 Å². The van der Waals surface area contributed by atoms with E-state index in [1.54, 1.807) is 164 Å². The molecule has 0 bridgehead atoms. The fourth-order valence-corrected chi connectivity index (χ4v) is 12.2. The molecule has 0 saturated heterocycles. The number of nitrogens with zero attached hydrogens (tertiary/aromatic N) is 3. The summed E-state index contributed by atoms with van der Waals surface area (Å²) in [4.78, 5) is 81.1. The van der Waals surface area contributed by atoms with E-state index in [2.05, 4.69) is 69.5 Å². The Hall–Kier alpha value is -14.4. The molecule has 0 aliphatic heterocycles. The van der Waals surface area contributed by atoms with Gasteiger partial charge >= 0.3 is 55.9 Å². The van der Waals surface area contributed by atoms with E-state index >= 15 is 0 Å². The molecule has 109 heavy (non-hydrogen) atoms. The molecule has 0 aliphatic carbocycles. The van der Waals surface area contributed by atoms with Crippen LogP contribution in [0.3, 0.4) is 0 Å². The predicted molar refractivity (Wildman–Crippen MR) is 416 cm³/mol. The third-order valence-corrected chi connectivity index (χ3v) is 17.8. The normalized spacial score (nSPS) is 10.6. The number of carbonyl (C=O) groups is 6. The Balaban J connectivity index is 0.000000152. The van der Waals surface area contributed by atoms with Crippen molar-refractivity contribution >= 4 is 35.8 Å². The van der Waals surface area contributed by atoms with Crippen LogP contribution in [0.15, 0.2) is 328 Å². The van der Waals surface area contributed by atoms with Crippen molar-refractivity contribution in [2.75, 3.05) is 0 Å². The van der Waals surface area contributed by atoms with Crippen molar-refractivity contribution in [2.45, 2.75) is 0 Å². The van der Waals surface area contributed by atoms with Crippen LogP contribution in [0.1, 0.15) is 62.1 Å². The average Bonchev–Trinajstić information content (AvgIpc) is 0.802. The molecule has 16 heteroatoms. The number of carboxylic acids is 6. The molecule has 0 unspecified atom stereocenters. The molecule has 0 atom stereocenters. The van der Waals surface area contributed by atoms with Gasteiger partial charge in [0.2, 0.25) is 0 Å². The molecule has 0 amide bonds. The van der Waals surface area contributed by atoms with Crippen molar-refractivity contribution in [3.8, 4) is 134 Å². The van der Waals surface area contributed by atoms with Crippen LogP contribution >= 0.6 is 0 Å². The van der Waals surface area contributed by atoms with E-state index in [-0.39, 0.29) is 53.5 Å². The van der Waals surface area contributed by atoms with Crippen LogP contribution in [-0.4, -0.2) is 81.4 Å². The zero-order valence-corrected chi connectivity index (χ0v) is 59.9. The maximum atomic E-state index is 11.3. The van der Waals surface area contributed by atoms with Crippen molar-refractivity contribution in [2.24, 2.45) is 0 Å². The van der Waals surface area contributed by atoms with Crippen LogP contribution in [0, 0.1) is 18.2 Å². The topological polar surface area (TPSA) is 262 Å². The van der Waals surface area contributed by atoms with Crippen molar-refractivity contribution < 1.29 is 79.5 Å². The first-order valence-corrected chi connectivity index (χ1v) is 33.7. The van der Waals surface area contributed by atoms with Crippen molar-refractivity contribution in [3.63, 3.8) is 0 Å². The average molecular weight is 1600 g/mol. The maximum absolute atomic E-state index is 11.3. The molecule has 0 aliphatic rings. The van der Waals surface area contributed by atoms with E-state index in [0.717, 1.165) is 134 Å². The van der Waals surface area contributed by atoms with Crippen LogP contribution in [0.5, 0.6) is 0 Å². The van der Waals surface area contributed by atoms with Gasteiger partial charge in [-0.3, -0.25) is 0 Å². The van der Waals surface area contributed by atoms with E-state index in [0.29, 0.717) is 0 Å². The Morgan fingerprint density at radius 2 is 0.376 bits per heavy atom. The minimum absolute atomic E-state index is 0. The first-order chi connectivity index (χ1) is 52.4. The van der Waals surface area contributed by atoms with E-state index in [1.165, 1.54) is 0 Å². The van der Waals surface area contributed by atoms with Crippen LogP contribution in [0.25, 0.3) is 134 Å². The maximum Gasteiger partial charge on any atom is 3.00 e. The first-order valence-electron chi connectivity index (χ1n) is 33.7. The van der Waals surface area contributed by atoms with Crippen LogP contribution in [-0.2, 0) is 20.1 Å². The molecule has 15 rings (SSSR count). The van der Waals surface area contributed by atoms with Gasteiger partial charge in [0.15, 0.2) is 0 Å². The van der Waals surface area contributed by atoms with E-state index in [9.17, 15) is 59.4 Å². The van der Waals surface area contributed by atoms with Gasteiger partial charge in [0.05, 0.1) is 33.4 Å². The van der Waals surface area contributed by atoms with Crippen LogP contribution in [0.4, 0.5) is 0 Å². The molecule has 0 saturated carbocycles. The standard InChI is InChI=1S/3C31H20NO4.Ir/c3*33-30(34)22-11-7-20(8-12-22)26-17-27(21-9-13-23(14-10-21)31(35)36)19-28(18-26)24-4-3-5-25(16-24)29-6-1-2-15-32-29;/h3*1-4,6-19H,(H,33,34)(H,35,36);/q3*-1;+3. The monoisotopic (exact) mass is 1600 g/mol. The van der Waals surface area contributed by atoms with Crippen molar-refractivity contribution in [1.82, 2.24) is 15.0 Å².